The summed E-state index contributed by atoms with van der Waals surface area (Å²) in [6.45, 7) is 3.13. The molecule has 1 aromatic rings. The van der Waals surface area contributed by atoms with Gasteiger partial charge in [0.25, 0.3) is 0 Å². The molecule has 0 aromatic carbocycles. The second-order valence-electron chi connectivity index (χ2n) is 4.85. The molecule has 1 aliphatic carbocycles. The Hall–Kier alpha value is -0.830. The van der Waals surface area contributed by atoms with Crippen molar-refractivity contribution in [1.82, 2.24) is 9.78 Å². The van der Waals surface area contributed by atoms with Crippen molar-refractivity contribution in [1.29, 1.82) is 0 Å². The van der Waals surface area contributed by atoms with E-state index < -0.39 is 0 Å². The first kappa shape index (κ1) is 11.6. The van der Waals surface area contributed by atoms with Crippen molar-refractivity contribution in [3.63, 3.8) is 0 Å². The largest absolute Gasteiger partial charge is 0.392 e. The minimum Gasteiger partial charge on any atom is -0.392 e. The maximum atomic E-state index is 10.1. The predicted molar refractivity (Wildman–Crippen MR) is 64.4 cm³/mol. The zero-order chi connectivity index (χ0) is 11.4. The van der Waals surface area contributed by atoms with Crippen LogP contribution in [0.4, 0.5) is 0 Å². The second-order valence-corrected chi connectivity index (χ2v) is 4.85. The lowest BCUT2D eigenvalue weighted by molar-refractivity contribution is 0.135. The molecule has 1 saturated carbocycles. The lowest BCUT2D eigenvalue weighted by Crippen LogP contribution is -2.16. The van der Waals surface area contributed by atoms with Gasteiger partial charge in [0.2, 0.25) is 0 Å². The molecule has 2 unspecified atom stereocenters. The highest BCUT2D eigenvalue weighted by molar-refractivity contribution is 5.13. The van der Waals surface area contributed by atoms with Gasteiger partial charge in [-0.1, -0.05) is 26.2 Å². The van der Waals surface area contributed by atoms with Crippen LogP contribution in [0, 0.1) is 0 Å². The lowest BCUT2D eigenvalue weighted by Gasteiger charge is -2.18. The molecular weight excluding hydrogens is 200 g/mol. The molecule has 0 radical (unpaired) electrons. The molecule has 0 amide bonds. The molecule has 16 heavy (non-hydrogen) atoms. The van der Waals surface area contributed by atoms with Gasteiger partial charge in [-0.3, -0.25) is 4.68 Å². The zero-order valence-electron chi connectivity index (χ0n) is 10.1. The summed E-state index contributed by atoms with van der Waals surface area (Å²) in [6, 6.07) is 0. The summed E-state index contributed by atoms with van der Waals surface area (Å²) in [6.07, 6.45) is 10.7. The number of hydrogen-bond acceptors (Lipinski definition) is 2. The van der Waals surface area contributed by atoms with Crippen LogP contribution in [0.3, 0.4) is 0 Å². The summed E-state index contributed by atoms with van der Waals surface area (Å²) in [7, 11) is 0. The highest BCUT2D eigenvalue weighted by Crippen LogP contribution is 2.31. The Labute approximate surface area is 97.5 Å². The Morgan fingerprint density at radius 1 is 1.38 bits per heavy atom. The van der Waals surface area contributed by atoms with Gasteiger partial charge in [-0.2, -0.15) is 5.10 Å². The summed E-state index contributed by atoms with van der Waals surface area (Å²) in [5.41, 5.74) is 1.22. The van der Waals surface area contributed by atoms with Crippen LogP contribution < -0.4 is 0 Å². The third-order valence-corrected chi connectivity index (χ3v) is 3.51. The summed E-state index contributed by atoms with van der Waals surface area (Å²) in [5.74, 6) is 0.313. The topological polar surface area (TPSA) is 38.0 Å². The zero-order valence-corrected chi connectivity index (χ0v) is 10.1. The van der Waals surface area contributed by atoms with Gasteiger partial charge in [0, 0.05) is 18.7 Å². The highest BCUT2D eigenvalue weighted by atomic mass is 16.3. The maximum absolute atomic E-state index is 10.1. The Morgan fingerprint density at radius 3 is 3.00 bits per heavy atom. The molecule has 1 N–H and O–H groups in total. The molecule has 1 aliphatic rings. The first-order valence-electron chi connectivity index (χ1n) is 6.51. The van der Waals surface area contributed by atoms with Crippen molar-refractivity contribution in [3.05, 3.63) is 18.0 Å². The molecule has 2 rings (SSSR count). The van der Waals surface area contributed by atoms with Crippen LogP contribution in [0.2, 0.25) is 0 Å². The predicted octanol–water partition coefficient (Wildman–Crippen LogP) is 2.70. The van der Waals surface area contributed by atoms with Gasteiger partial charge >= 0.3 is 0 Å². The van der Waals surface area contributed by atoms with Gasteiger partial charge in [0.15, 0.2) is 0 Å². The molecule has 0 saturated heterocycles. The van der Waals surface area contributed by atoms with Crippen molar-refractivity contribution in [2.45, 2.75) is 64.0 Å². The van der Waals surface area contributed by atoms with Gasteiger partial charge in [0.05, 0.1) is 12.3 Å². The summed E-state index contributed by atoms with van der Waals surface area (Å²) < 4.78 is 1.99. The number of aryl methyl sites for hydroxylation is 1. The smallest absolute Gasteiger partial charge is 0.0609 e. The fourth-order valence-electron chi connectivity index (χ4n) is 2.60. The molecule has 1 heterocycles. The first-order valence-corrected chi connectivity index (χ1v) is 6.51. The van der Waals surface area contributed by atoms with Gasteiger partial charge < -0.3 is 5.11 Å². The van der Waals surface area contributed by atoms with Crippen molar-refractivity contribution < 1.29 is 5.11 Å². The molecule has 3 heteroatoms. The average molecular weight is 222 g/mol. The number of aromatic nitrogens is 2. The van der Waals surface area contributed by atoms with E-state index in [1.54, 1.807) is 0 Å². The highest BCUT2D eigenvalue weighted by Gasteiger charge is 2.24. The molecule has 3 nitrogen and oxygen atoms in total. The first-order chi connectivity index (χ1) is 7.81. The van der Waals surface area contributed by atoms with Crippen molar-refractivity contribution in [2.75, 3.05) is 0 Å². The van der Waals surface area contributed by atoms with Crippen LogP contribution in [0.15, 0.2) is 12.4 Å². The Kier molecular flexibility index (Phi) is 3.99. The Balaban J connectivity index is 2.08. The number of hydrogen-bond donors (Lipinski definition) is 1. The fraction of sp³-hybridized carbons (Fsp3) is 0.769. The van der Waals surface area contributed by atoms with E-state index in [0.29, 0.717) is 5.92 Å². The standard InChI is InChI=1S/C13H22N2O/c1-2-8-15-10-11(9-14-15)12-6-4-3-5-7-13(12)16/h9-10,12-13,16H,2-8H2,1H3. The van der Waals surface area contributed by atoms with Gasteiger partial charge in [0.1, 0.15) is 0 Å². The Bertz CT molecular complexity index is 321. The van der Waals surface area contributed by atoms with Gasteiger partial charge in [-0.15, -0.1) is 0 Å². The number of aliphatic hydroxyl groups excluding tert-OH is 1. The van der Waals surface area contributed by atoms with Crippen LogP contribution in [-0.2, 0) is 6.54 Å². The quantitative estimate of drug-likeness (QED) is 0.798. The minimum atomic E-state index is -0.165. The number of rotatable bonds is 3. The van der Waals surface area contributed by atoms with E-state index in [2.05, 4.69) is 18.2 Å². The van der Waals surface area contributed by atoms with E-state index in [4.69, 9.17) is 0 Å². The molecular formula is C13H22N2O. The fourth-order valence-corrected chi connectivity index (χ4v) is 2.60. The van der Waals surface area contributed by atoms with E-state index >= 15 is 0 Å². The summed E-state index contributed by atoms with van der Waals surface area (Å²) in [5, 5.41) is 14.5. The van der Waals surface area contributed by atoms with Crippen LogP contribution in [0.25, 0.3) is 0 Å². The van der Waals surface area contributed by atoms with Crippen LogP contribution in [-0.4, -0.2) is 21.0 Å². The molecule has 0 spiro atoms. The molecule has 1 fully saturated rings. The van der Waals surface area contributed by atoms with Gasteiger partial charge in [-0.05, 0) is 24.8 Å². The maximum Gasteiger partial charge on any atom is 0.0609 e. The average Bonchev–Trinajstić information content (AvgIpc) is 2.61. The van der Waals surface area contributed by atoms with Crippen molar-refractivity contribution in [2.24, 2.45) is 0 Å². The van der Waals surface area contributed by atoms with Crippen LogP contribution in [0.5, 0.6) is 0 Å². The normalized spacial score (nSPS) is 26.6. The SMILES string of the molecule is CCCn1cc(C2CCCCCC2O)cn1. The molecule has 1 aromatic heterocycles. The second kappa shape index (κ2) is 5.48. The van der Waals surface area contributed by atoms with E-state index in [-0.39, 0.29) is 6.10 Å². The lowest BCUT2D eigenvalue weighted by atomic mass is 9.92. The molecule has 0 bridgehead atoms. The third-order valence-electron chi connectivity index (χ3n) is 3.51. The molecule has 90 valence electrons. The monoisotopic (exact) mass is 222 g/mol. The van der Waals surface area contributed by atoms with E-state index in [1.807, 2.05) is 10.9 Å². The van der Waals surface area contributed by atoms with E-state index in [1.165, 1.54) is 24.8 Å². The molecule has 0 aliphatic heterocycles. The molecule has 2 atom stereocenters. The van der Waals surface area contributed by atoms with Crippen molar-refractivity contribution in [3.8, 4) is 0 Å². The summed E-state index contributed by atoms with van der Waals surface area (Å²) >= 11 is 0. The third kappa shape index (κ3) is 2.64. The van der Waals surface area contributed by atoms with Crippen LogP contribution >= 0.6 is 0 Å². The van der Waals surface area contributed by atoms with E-state index in [0.717, 1.165) is 25.8 Å². The van der Waals surface area contributed by atoms with Crippen LogP contribution in [0.1, 0.15) is 56.9 Å². The van der Waals surface area contributed by atoms with Gasteiger partial charge in [-0.25, -0.2) is 0 Å². The summed E-state index contributed by atoms with van der Waals surface area (Å²) in [4.78, 5) is 0. The van der Waals surface area contributed by atoms with E-state index in [9.17, 15) is 5.11 Å². The van der Waals surface area contributed by atoms with Crippen molar-refractivity contribution >= 4 is 0 Å². The number of nitrogens with zero attached hydrogens (tertiary/aromatic N) is 2. The number of aliphatic hydroxyl groups is 1. The minimum absolute atomic E-state index is 0.165. The Morgan fingerprint density at radius 2 is 2.19 bits per heavy atom.